The molecule has 0 aromatic carbocycles. The van der Waals surface area contributed by atoms with Crippen LogP contribution in [-0.4, -0.2) is 28.6 Å². The van der Waals surface area contributed by atoms with Crippen LogP contribution in [0.1, 0.15) is 25.3 Å². The van der Waals surface area contributed by atoms with Gasteiger partial charge < -0.3 is 5.73 Å². The fourth-order valence-electron chi connectivity index (χ4n) is 2.15. The molecular formula is C13H19N3. The number of aromatic nitrogens is 1. The molecule has 1 aliphatic heterocycles. The van der Waals surface area contributed by atoms with Gasteiger partial charge in [0.1, 0.15) is 0 Å². The van der Waals surface area contributed by atoms with Gasteiger partial charge in [-0.2, -0.15) is 0 Å². The molecule has 3 heteroatoms. The Morgan fingerprint density at radius 1 is 1.31 bits per heavy atom. The Labute approximate surface area is 97.0 Å². The minimum Gasteiger partial charge on any atom is -0.312 e. The van der Waals surface area contributed by atoms with Gasteiger partial charge in [0.05, 0.1) is 6.17 Å². The third-order valence-corrected chi connectivity index (χ3v) is 3.13. The second-order valence-electron chi connectivity index (χ2n) is 4.55. The average molecular weight is 217 g/mol. The van der Waals surface area contributed by atoms with Crippen LogP contribution in [0.25, 0.3) is 0 Å². The molecule has 2 rings (SSSR count). The Morgan fingerprint density at radius 3 is 2.62 bits per heavy atom. The van der Waals surface area contributed by atoms with E-state index in [1.807, 2.05) is 12.4 Å². The van der Waals surface area contributed by atoms with Crippen LogP contribution >= 0.6 is 0 Å². The molecule has 0 fully saturated rings. The molecule has 0 aliphatic carbocycles. The second kappa shape index (κ2) is 4.76. The van der Waals surface area contributed by atoms with Crippen LogP contribution in [0.5, 0.6) is 0 Å². The number of hydrogen-bond donors (Lipinski definition) is 1. The zero-order valence-electron chi connectivity index (χ0n) is 9.88. The zero-order valence-corrected chi connectivity index (χ0v) is 9.88. The van der Waals surface area contributed by atoms with E-state index in [-0.39, 0.29) is 6.17 Å². The minimum absolute atomic E-state index is 0.0538. The normalized spacial score (nSPS) is 26.2. The van der Waals surface area contributed by atoms with Gasteiger partial charge in [-0.05, 0) is 31.5 Å². The number of pyridine rings is 1. The lowest BCUT2D eigenvalue weighted by Crippen LogP contribution is -2.48. The minimum atomic E-state index is 0.0538. The van der Waals surface area contributed by atoms with Crippen LogP contribution in [0.2, 0.25) is 0 Å². The lowest BCUT2D eigenvalue weighted by molar-refractivity contribution is 0.170. The van der Waals surface area contributed by atoms with E-state index >= 15 is 0 Å². The summed E-state index contributed by atoms with van der Waals surface area (Å²) in [5.41, 5.74) is 7.36. The maximum Gasteiger partial charge on any atom is 0.0766 e. The first kappa shape index (κ1) is 11.3. The summed E-state index contributed by atoms with van der Waals surface area (Å²) >= 11 is 0. The molecule has 0 spiro atoms. The summed E-state index contributed by atoms with van der Waals surface area (Å²) in [6.07, 6.45) is 8.04. The molecule has 0 saturated heterocycles. The van der Waals surface area contributed by atoms with Crippen molar-refractivity contribution in [1.82, 2.24) is 9.88 Å². The van der Waals surface area contributed by atoms with Crippen molar-refractivity contribution in [3.05, 3.63) is 42.2 Å². The highest BCUT2D eigenvalue weighted by molar-refractivity contribution is 5.24. The Hall–Kier alpha value is -1.19. The topological polar surface area (TPSA) is 42.2 Å². The second-order valence-corrected chi connectivity index (χ2v) is 4.55. The SMILES string of the molecule is CC(C)N1CC(c2ccncc2)C=CC1N. The van der Waals surface area contributed by atoms with Crippen molar-refractivity contribution in [3.8, 4) is 0 Å². The summed E-state index contributed by atoms with van der Waals surface area (Å²) in [5, 5.41) is 0. The molecule has 16 heavy (non-hydrogen) atoms. The summed E-state index contributed by atoms with van der Waals surface area (Å²) in [7, 11) is 0. The number of nitrogens with zero attached hydrogens (tertiary/aromatic N) is 2. The van der Waals surface area contributed by atoms with Crippen molar-refractivity contribution in [1.29, 1.82) is 0 Å². The first-order valence-corrected chi connectivity index (χ1v) is 5.78. The Kier molecular flexibility index (Phi) is 3.36. The highest BCUT2D eigenvalue weighted by Crippen LogP contribution is 2.24. The van der Waals surface area contributed by atoms with Gasteiger partial charge in [0.15, 0.2) is 0 Å². The molecule has 0 saturated carbocycles. The van der Waals surface area contributed by atoms with Crippen LogP contribution in [0.4, 0.5) is 0 Å². The predicted molar refractivity (Wildman–Crippen MR) is 65.9 cm³/mol. The molecule has 1 aliphatic rings. The molecule has 1 aromatic heterocycles. The summed E-state index contributed by atoms with van der Waals surface area (Å²) in [6.45, 7) is 5.35. The lowest BCUT2D eigenvalue weighted by atomic mass is 9.95. The van der Waals surface area contributed by atoms with Crippen molar-refractivity contribution < 1.29 is 0 Å². The molecule has 86 valence electrons. The van der Waals surface area contributed by atoms with Crippen LogP contribution < -0.4 is 5.73 Å². The van der Waals surface area contributed by atoms with Gasteiger partial charge in [-0.1, -0.05) is 12.2 Å². The van der Waals surface area contributed by atoms with Crippen LogP contribution in [0.15, 0.2) is 36.7 Å². The molecule has 0 bridgehead atoms. The van der Waals surface area contributed by atoms with Crippen LogP contribution in [-0.2, 0) is 0 Å². The third-order valence-electron chi connectivity index (χ3n) is 3.13. The molecule has 0 radical (unpaired) electrons. The van der Waals surface area contributed by atoms with E-state index in [9.17, 15) is 0 Å². The Balaban J connectivity index is 2.17. The van der Waals surface area contributed by atoms with Gasteiger partial charge in [-0.25, -0.2) is 0 Å². The van der Waals surface area contributed by atoms with E-state index in [1.54, 1.807) is 0 Å². The van der Waals surface area contributed by atoms with Gasteiger partial charge >= 0.3 is 0 Å². The van der Waals surface area contributed by atoms with Gasteiger partial charge in [0.2, 0.25) is 0 Å². The van der Waals surface area contributed by atoms with Crippen molar-refractivity contribution in [2.75, 3.05) is 6.54 Å². The quantitative estimate of drug-likeness (QED) is 0.767. The summed E-state index contributed by atoms with van der Waals surface area (Å²) in [4.78, 5) is 6.36. The van der Waals surface area contributed by atoms with Crippen molar-refractivity contribution in [3.63, 3.8) is 0 Å². The Morgan fingerprint density at radius 2 is 2.00 bits per heavy atom. The fourth-order valence-corrected chi connectivity index (χ4v) is 2.15. The molecule has 3 nitrogen and oxygen atoms in total. The van der Waals surface area contributed by atoms with Gasteiger partial charge in [0, 0.05) is 30.9 Å². The van der Waals surface area contributed by atoms with Gasteiger partial charge in [-0.3, -0.25) is 9.88 Å². The molecule has 2 unspecified atom stereocenters. The smallest absolute Gasteiger partial charge is 0.0766 e. The zero-order chi connectivity index (χ0) is 11.5. The summed E-state index contributed by atoms with van der Waals surface area (Å²) < 4.78 is 0. The molecule has 2 heterocycles. The largest absolute Gasteiger partial charge is 0.312 e. The van der Waals surface area contributed by atoms with E-state index in [1.165, 1.54) is 5.56 Å². The van der Waals surface area contributed by atoms with Crippen LogP contribution in [0, 0.1) is 0 Å². The number of nitrogens with two attached hydrogens (primary N) is 1. The predicted octanol–water partition coefficient (Wildman–Crippen LogP) is 1.73. The van der Waals surface area contributed by atoms with Crippen LogP contribution in [0.3, 0.4) is 0 Å². The molecule has 2 N–H and O–H groups in total. The van der Waals surface area contributed by atoms with E-state index in [0.717, 1.165) is 6.54 Å². The third kappa shape index (κ3) is 2.31. The number of rotatable bonds is 2. The average Bonchev–Trinajstić information content (AvgIpc) is 2.30. The number of hydrogen-bond acceptors (Lipinski definition) is 3. The first-order valence-electron chi connectivity index (χ1n) is 5.78. The van der Waals surface area contributed by atoms with E-state index in [2.05, 4.69) is 48.0 Å². The first-order chi connectivity index (χ1) is 7.68. The monoisotopic (exact) mass is 217 g/mol. The molecule has 2 atom stereocenters. The van der Waals surface area contributed by atoms with Crippen molar-refractivity contribution >= 4 is 0 Å². The summed E-state index contributed by atoms with van der Waals surface area (Å²) in [6, 6.07) is 4.62. The summed E-state index contributed by atoms with van der Waals surface area (Å²) in [5.74, 6) is 0.435. The highest BCUT2D eigenvalue weighted by atomic mass is 15.2. The van der Waals surface area contributed by atoms with Gasteiger partial charge in [-0.15, -0.1) is 0 Å². The van der Waals surface area contributed by atoms with E-state index in [4.69, 9.17) is 5.73 Å². The fraction of sp³-hybridized carbons (Fsp3) is 0.462. The maximum absolute atomic E-state index is 6.05. The molecular weight excluding hydrogens is 198 g/mol. The van der Waals surface area contributed by atoms with Gasteiger partial charge in [0.25, 0.3) is 0 Å². The maximum atomic E-state index is 6.05. The molecule has 1 aromatic rings. The highest BCUT2D eigenvalue weighted by Gasteiger charge is 2.23. The van der Waals surface area contributed by atoms with E-state index < -0.39 is 0 Å². The molecule has 0 amide bonds. The Bertz CT molecular complexity index is 359. The standard InChI is InChI=1S/C13H19N3/c1-10(2)16-9-12(3-4-13(16)14)11-5-7-15-8-6-11/h3-8,10,12-13H,9,14H2,1-2H3. The van der Waals surface area contributed by atoms with E-state index in [0.29, 0.717) is 12.0 Å². The lowest BCUT2D eigenvalue weighted by Gasteiger charge is -2.36. The van der Waals surface area contributed by atoms with Crippen molar-refractivity contribution in [2.24, 2.45) is 5.73 Å². The van der Waals surface area contributed by atoms with Crippen molar-refractivity contribution in [2.45, 2.75) is 32.0 Å².